The summed E-state index contributed by atoms with van der Waals surface area (Å²) in [6, 6.07) is 12.7. The first-order chi connectivity index (χ1) is 13.9. The molecule has 1 amide bonds. The van der Waals surface area contributed by atoms with E-state index >= 15 is 0 Å². The SMILES string of the molecule is CC(C)CN(CC1CN(Cc2cccc(F)c2)CCO1)C(=O)c1ccccc1F. The van der Waals surface area contributed by atoms with Crippen molar-refractivity contribution in [3.8, 4) is 0 Å². The molecule has 2 aromatic carbocycles. The zero-order chi connectivity index (χ0) is 20.8. The van der Waals surface area contributed by atoms with Crippen molar-refractivity contribution in [3.05, 3.63) is 71.3 Å². The summed E-state index contributed by atoms with van der Waals surface area (Å²) in [5.41, 5.74) is 0.993. The van der Waals surface area contributed by atoms with E-state index in [1.807, 2.05) is 19.9 Å². The van der Waals surface area contributed by atoms with Crippen molar-refractivity contribution in [1.29, 1.82) is 0 Å². The van der Waals surface area contributed by atoms with E-state index < -0.39 is 5.82 Å². The quantitative estimate of drug-likeness (QED) is 0.703. The van der Waals surface area contributed by atoms with E-state index in [4.69, 9.17) is 4.74 Å². The molecule has 29 heavy (non-hydrogen) atoms. The molecule has 1 heterocycles. The number of carbonyl (C=O) groups excluding carboxylic acids is 1. The Hall–Kier alpha value is -2.31. The predicted octanol–water partition coefficient (Wildman–Crippen LogP) is 3.96. The van der Waals surface area contributed by atoms with Crippen molar-refractivity contribution in [2.45, 2.75) is 26.5 Å². The van der Waals surface area contributed by atoms with Gasteiger partial charge in [0.15, 0.2) is 0 Å². The van der Waals surface area contributed by atoms with Crippen molar-refractivity contribution in [2.24, 2.45) is 5.92 Å². The zero-order valence-corrected chi connectivity index (χ0v) is 17.0. The number of rotatable bonds is 7. The van der Waals surface area contributed by atoms with E-state index in [-0.39, 0.29) is 29.3 Å². The number of amides is 1. The molecule has 3 rings (SSSR count). The summed E-state index contributed by atoms with van der Waals surface area (Å²) in [5.74, 6) is -0.824. The van der Waals surface area contributed by atoms with Gasteiger partial charge in [0, 0.05) is 32.7 Å². The summed E-state index contributed by atoms with van der Waals surface area (Å²) < 4.78 is 33.5. The number of hydrogen-bond donors (Lipinski definition) is 0. The van der Waals surface area contributed by atoms with Gasteiger partial charge in [-0.25, -0.2) is 8.78 Å². The Bertz CT molecular complexity index is 828. The number of carbonyl (C=O) groups is 1. The number of benzene rings is 2. The first-order valence-corrected chi connectivity index (χ1v) is 10.0. The number of nitrogens with zero attached hydrogens (tertiary/aromatic N) is 2. The molecule has 0 saturated carbocycles. The van der Waals surface area contributed by atoms with E-state index in [0.29, 0.717) is 32.8 Å². The fraction of sp³-hybridized carbons (Fsp3) is 0.435. The lowest BCUT2D eigenvalue weighted by atomic mass is 10.1. The van der Waals surface area contributed by atoms with Crippen molar-refractivity contribution >= 4 is 5.91 Å². The highest BCUT2D eigenvalue weighted by molar-refractivity contribution is 5.94. The van der Waals surface area contributed by atoms with Crippen LogP contribution in [-0.2, 0) is 11.3 Å². The van der Waals surface area contributed by atoms with Gasteiger partial charge in [-0.2, -0.15) is 0 Å². The molecule has 0 aliphatic carbocycles. The molecule has 1 atom stereocenters. The third kappa shape index (κ3) is 6.08. The molecule has 0 aromatic heterocycles. The van der Waals surface area contributed by atoms with Crippen LogP contribution in [-0.4, -0.2) is 54.6 Å². The molecule has 4 nitrogen and oxygen atoms in total. The highest BCUT2D eigenvalue weighted by Crippen LogP contribution is 2.16. The minimum Gasteiger partial charge on any atom is -0.374 e. The summed E-state index contributed by atoms with van der Waals surface area (Å²) in [5, 5.41) is 0. The summed E-state index contributed by atoms with van der Waals surface area (Å²) in [6.45, 7) is 7.53. The Morgan fingerprint density at radius 2 is 2.00 bits per heavy atom. The molecule has 1 fully saturated rings. The third-order valence-electron chi connectivity index (χ3n) is 4.92. The molecule has 156 valence electrons. The monoisotopic (exact) mass is 402 g/mol. The average molecular weight is 402 g/mol. The van der Waals surface area contributed by atoms with Gasteiger partial charge in [0.05, 0.1) is 18.3 Å². The van der Waals surface area contributed by atoms with Crippen molar-refractivity contribution < 1.29 is 18.3 Å². The molecule has 1 aliphatic heterocycles. The van der Waals surface area contributed by atoms with Crippen LogP contribution in [0.1, 0.15) is 29.8 Å². The largest absolute Gasteiger partial charge is 0.374 e. The fourth-order valence-electron chi connectivity index (χ4n) is 3.66. The van der Waals surface area contributed by atoms with E-state index in [2.05, 4.69) is 4.90 Å². The topological polar surface area (TPSA) is 32.8 Å². The van der Waals surface area contributed by atoms with Crippen molar-refractivity contribution in [2.75, 3.05) is 32.8 Å². The normalized spacial score (nSPS) is 17.5. The Labute approximate surface area is 171 Å². The van der Waals surface area contributed by atoms with E-state index in [9.17, 15) is 13.6 Å². The lowest BCUT2D eigenvalue weighted by Gasteiger charge is -2.36. The Balaban J connectivity index is 1.67. The van der Waals surface area contributed by atoms with Gasteiger partial charge < -0.3 is 9.64 Å². The second-order valence-corrected chi connectivity index (χ2v) is 7.94. The second kappa shape index (κ2) is 9.94. The van der Waals surface area contributed by atoms with Crippen molar-refractivity contribution in [3.63, 3.8) is 0 Å². The maximum Gasteiger partial charge on any atom is 0.256 e. The summed E-state index contributed by atoms with van der Waals surface area (Å²) >= 11 is 0. The number of morpholine rings is 1. The van der Waals surface area contributed by atoms with Gasteiger partial charge in [0.25, 0.3) is 5.91 Å². The fourth-order valence-corrected chi connectivity index (χ4v) is 3.66. The van der Waals surface area contributed by atoms with Gasteiger partial charge in [-0.05, 0) is 35.7 Å². The Morgan fingerprint density at radius 1 is 1.21 bits per heavy atom. The third-order valence-corrected chi connectivity index (χ3v) is 4.92. The number of halogens is 2. The minimum absolute atomic E-state index is 0.0839. The molecule has 1 aliphatic rings. The number of hydrogen-bond acceptors (Lipinski definition) is 3. The molecule has 0 N–H and O–H groups in total. The average Bonchev–Trinajstić information content (AvgIpc) is 2.67. The molecule has 6 heteroatoms. The van der Waals surface area contributed by atoms with Crippen molar-refractivity contribution in [1.82, 2.24) is 9.80 Å². The molecule has 2 aromatic rings. The smallest absolute Gasteiger partial charge is 0.256 e. The van der Waals surface area contributed by atoms with Gasteiger partial charge >= 0.3 is 0 Å². The van der Waals surface area contributed by atoms with E-state index in [1.165, 1.54) is 24.3 Å². The van der Waals surface area contributed by atoms with E-state index in [0.717, 1.165) is 12.1 Å². The second-order valence-electron chi connectivity index (χ2n) is 7.94. The van der Waals surface area contributed by atoms with E-state index in [1.54, 1.807) is 23.1 Å². The predicted molar refractivity (Wildman–Crippen MR) is 109 cm³/mol. The standard InChI is InChI=1S/C23H28F2N2O2/c1-17(2)13-27(23(28)21-8-3-4-9-22(21)25)16-20-15-26(10-11-29-20)14-18-6-5-7-19(24)12-18/h3-9,12,17,20H,10-11,13-16H2,1-2H3. The van der Waals surface area contributed by atoms with Crippen LogP contribution < -0.4 is 0 Å². The van der Waals surface area contributed by atoms with Crippen LogP contribution in [0.25, 0.3) is 0 Å². The van der Waals surface area contributed by atoms with Gasteiger partial charge in [-0.1, -0.05) is 38.1 Å². The summed E-state index contributed by atoms with van der Waals surface area (Å²) in [7, 11) is 0. The molecular weight excluding hydrogens is 374 g/mol. The summed E-state index contributed by atoms with van der Waals surface area (Å²) in [4.78, 5) is 16.8. The van der Waals surface area contributed by atoms with Crippen LogP contribution in [0.3, 0.4) is 0 Å². The highest BCUT2D eigenvalue weighted by atomic mass is 19.1. The van der Waals surface area contributed by atoms with Crippen LogP contribution in [0.15, 0.2) is 48.5 Å². The Kier molecular flexibility index (Phi) is 7.34. The lowest BCUT2D eigenvalue weighted by Crippen LogP contribution is -2.49. The van der Waals surface area contributed by atoms with Crippen LogP contribution in [0.4, 0.5) is 8.78 Å². The molecule has 1 saturated heterocycles. The first kappa shape index (κ1) is 21.4. The van der Waals surface area contributed by atoms with Crippen LogP contribution in [0, 0.1) is 17.6 Å². The van der Waals surface area contributed by atoms with Crippen LogP contribution in [0.2, 0.25) is 0 Å². The molecule has 0 bridgehead atoms. The minimum atomic E-state index is -0.511. The lowest BCUT2D eigenvalue weighted by molar-refractivity contribution is -0.0438. The van der Waals surface area contributed by atoms with Crippen LogP contribution >= 0.6 is 0 Å². The molecule has 0 radical (unpaired) electrons. The maximum atomic E-state index is 14.1. The number of ether oxygens (including phenoxy) is 1. The first-order valence-electron chi connectivity index (χ1n) is 10.0. The Morgan fingerprint density at radius 3 is 2.72 bits per heavy atom. The van der Waals surface area contributed by atoms with Gasteiger partial charge in [0.2, 0.25) is 0 Å². The van der Waals surface area contributed by atoms with Gasteiger partial charge in [0.1, 0.15) is 11.6 Å². The maximum absolute atomic E-state index is 14.1. The van der Waals surface area contributed by atoms with Gasteiger partial charge in [-0.3, -0.25) is 9.69 Å². The van der Waals surface area contributed by atoms with Crippen LogP contribution in [0.5, 0.6) is 0 Å². The summed E-state index contributed by atoms with van der Waals surface area (Å²) in [6.07, 6.45) is -0.174. The molecule has 1 unspecified atom stereocenters. The van der Waals surface area contributed by atoms with Gasteiger partial charge in [-0.15, -0.1) is 0 Å². The molecular formula is C23H28F2N2O2. The zero-order valence-electron chi connectivity index (χ0n) is 17.0. The molecule has 0 spiro atoms. The highest BCUT2D eigenvalue weighted by Gasteiger charge is 2.27.